The molecule has 1 amide bonds. The van der Waals surface area contributed by atoms with Crippen LogP contribution in [-0.2, 0) is 17.6 Å². The number of thiophene rings is 1. The zero-order chi connectivity index (χ0) is 21.9. The Morgan fingerprint density at radius 2 is 1.83 bits per heavy atom. The molecule has 0 bridgehead atoms. The van der Waals surface area contributed by atoms with Crippen molar-refractivity contribution >= 4 is 74.6 Å². The van der Waals surface area contributed by atoms with Gasteiger partial charge in [0.2, 0.25) is 3.79 Å². The van der Waals surface area contributed by atoms with Crippen molar-refractivity contribution in [1.29, 1.82) is 0 Å². The molecule has 2 aromatic rings. The standard InChI is InChI=1S/C20H20Cl4N2O3S/c1-2-29-18(28)15-13-5-3-4-6-14(13)30-17(15)26-19(20(22,23)24)25-16(27)11-7-9-12(21)10-8-11/h7-10,19,26H,2-6H2,1H3,(H,25,27). The third-order valence-electron chi connectivity index (χ3n) is 4.64. The van der Waals surface area contributed by atoms with E-state index < -0.39 is 21.8 Å². The monoisotopic (exact) mass is 508 g/mol. The van der Waals surface area contributed by atoms with Crippen LogP contribution < -0.4 is 10.6 Å². The molecule has 1 aromatic heterocycles. The van der Waals surface area contributed by atoms with E-state index in [1.54, 1.807) is 31.2 Å². The number of amides is 1. The van der Waals surface area contributed by atoms with Crippen LogP contribution in [0, 0.1) is 0 Å². The maximum absolute atomic E-state index is 12.7. The number of carbonyl (C=O) groups excluding carboxylic acids is 2. The smallest absolute Gasteiger partial charge is 0.341 e. The first-order valence-corrected chi connectivity index (χ1v) is 11.7. The minimum absolute atomic E-state index is 0.254. The topological polar surface area (TPSA) is 67.4 Å². The lowest BCUT2D eigenvalue weighted by molar-refractivity contribution is 0.0526. The molecule has 3 rings (SSSR count). The predicted octanol–water partition coefficient (Wildman–Crippen LogP) is 6.00. The van der Waals surface area contributed by atoms with Gasteiger partial charge < -0.3 is 15.4 Å². The molecule has 0 saturated carbocycles. The van der Waals surface area contributed by atoms with E-state index in [-0.39, 0.29) is 6.61 Å². The van der Waals surface area contributed by atoms with Gasteiger partial charge in [0.25, 0.3) is 5.91 Å². The number of hydrogen-bond acceptors (Lipinski definition) is 5. The van der Waals surface area contributed by atoms with E-state index >= 15 is 0 Å². The Labute approximate surface area is 199 Å². The fraction of sp³-hybridized carbons (Fsp3) is 0.400. The highest BCUT2D eigenvalue weighted by Crippen LogP contribution is 2.41. The zero-order valence-corrected chi connectivity index (χ0v) is 19.9. The predicted molar refractivity (Wildman–Crippen MR) is 124 cm³/mol. The van der Waals surface area contributed by atoms with Gasteiger partial charge in [-0.25, -0.2) is 4.79 Å². The molecule has 1 aliphatic rings. The SMILES string of the molecule is CCOC(=O)c1c(NC(NC(=O)c2ccc(Cl)cc2)C(Cl)(Cl)Cl)sc2c1CCCC2. The number of ether oxygens (including phenoxy) is 1. The van der Waals surface area contributed by atoms with Crippen molar-refractivity contribution in [3.63, 3.8) is 0 Å². The molecule has 0 spiro atoms. The fourth-order valence-electron chi connectivity index (χ4n) is 3.23. The lowest BCUT2D eigenvalue weighted by Crippen LogP contribution is -2.49. The van der Waals surface area contributed by atoms with E-state index in [1.165, 1.54) is 11.3 Å². The summed E-state index contributed by atoms with van der Waals surface area (Å²) in [6.07, 6.45) is 2.63. The van der Waals surface area contributed by atoms with Gasteiger partial charge in [-0.2, -0.15) is 0 Å². The van der Waals surface area contributed by atoms with E-state index in [9.17, 15) is 9.59 Å². The van der Waals surface area contributed by atoms with Crippen molar-refractivity contribution in [3.05, 3.63) is 50.9 Å². The number of nitrogens with one attached hydrogen (secondary N) is 2. The van der Waals surface area contributed by atoms with E-state index in [2.05, 4.69) is 10.6 Å². The highest BCUT2D eigenvalue weighted by atomic mass is 35.6. The third kappa shape index (κ3) is 5.54. The Morgan fingerprint density at radius 1 is 1.17 bits per heavy atom. The number of halogens is 4. The molecule has 1 atom stereocenters. The van der Waals surface area contributed by atoms with Gasteiger partial charge in [-0.3, -0.25) is 4.79 Å². The molecule has 0 saturated heterocycles. The Morgan fingerprint density at radius 3 is 2.47 bits per heavy atom. The molecule has 1 aromatic carbocycles. The van der Waals surface area contributed by atoms with Crippen molar-refractivity contribution in [1.82, 2.24) is 5.32 Å². The van der Waals surface area contributed by atoms with Crippen LogP contribution in [0.5, 0.6) is 0 Å². The number of anilines is 1. The highest BCUT2D eigenvalue weighted by molar-refractivity contribution is 7.16. The molecule has 1 unspecified atom stereocenters. The number of rotatable bonds is 6. The maximum atomic E-state index is 12.7. The summed E-state index contributed by atoms with van der Waals surface area (Å²) in [4.78, 5) is 26.4. The summed E-state index contributed by atoms with van der Waals surface area (Å²) in [5.74, 6) is -0.874. The van der Waals surface area contributed by atoms with Crippen LogP contribution in [0.2, 0.25) is 5.02 Å². The third-order valence-corrected chi connectivity index (χ3v) is 6.77. The van der Waals surface area contributed by atoms with Crippen molar-refractivity contribution in [2.75, 3.05) is 11.9 Å². The minimum Gasteiger partial charge on any atom is -0.462 e. The van der Waals surface area contributed by atoms with Crippen LogP contribution in [-0.4, -0.2) is 28.4 Å². The van der Waals surface area contributed by atoms with Crippen molar-refractivity contribution in [2.45, 2.75) is 42.6 Å². The number of benzene rings is 1. The highest BCUT2D eigenvalue weighted by Gasteiger charge is 2.37. The van der Waals surface area contributed by atoms with Gasteiger partial charge in [0.1, 0.15) is 11.2 Å². The number of alkyl halides is 3. The van der Waals surface area contributed by atoms with Crippen LogP contribution in [0.25, 0.3) is 0 Å². The van der Waals surface area contributed by atoms with Gasteiger partial charge >= 0.3 is 5.97 Å². The second kappa shape index (κ2) is 9.96. The van der Waals surface area contributed by atoms with Crippen molar-refractivity contribution in [2.24, 2.45) is 0 Å². The van der Waals surface area contributed by atoms with Gasteiger partial charge in [0.15, 0.2) is 0 Å². The molecular weight excluding hydrogens is 490 g/mol. The molecule has 5 nitrogen and oxygen atoms in total. The zero-order valence-electron chi connectivity index (χ0n) is 16.1. The fourth-order valence-corrected chi connectivity index (χ4v) is 4.99. The van der Waals surface area contributed by atoms with Crippen LogP contribution in [0.3, 0.4) is 0 Å². The lowest BCUT2D eigenvalue weighted by Gasteiger charge is -2.27. The lowest BCUT2D eigenvalue weighted by atomic mass is 9.95. The van der Waals surface area contributed by atoms with Crippen LogP contribution in [0.1, 0.15) is 50.9 Å². The summed E-state index contributed by atoms with van der Waals surface area (Å²) >= 11 is 25.7. The van der Waals surface area contributed by atoms with Crippen molar-refractivity contribution in [3.8, 4) is 0 Å². The van der Waals surface area contributed by atoms with Gasteiger partial charge in [0.05, 0.1) is 12.2 Å². The molecule has 162 valence electrons. The number of aryl methyl sites for hydroxylation is 1. The summed E-state index contributed by atoms with van der Waals surface area (Å²) in [5.41, 5.74) is 1.78. The first kappa shape index (κ1) is 23.5. The average molecular weight is 510 g/mol. The molecular formula is C20H20Cl4N2O3S. The first-order valence-electron chi connectivity index (χ1n) is 9.42. The van der Waals surface area contributed by atoms with Gasteiger partial charge in [0, 0.05) is 15.5 Å². The van der Waals surface area contributed by atoms with E-state index in [4.69, 9.17) is 51.1 Å². The maximum Gasteiger partial charge on any atom is 0.341 e. The van der Waals surface area contributed by atoms with Crippen LogP contribution in [0.4, 0.5) is 5.00 Å². The molecule has 1 heterocycles. The average Bonchev–Trinajstić information content (AvgIpc) is 3.05. The Kier molecular flexibility index (Phi) is 7.80. The van der Waals surface area contributed by atoms with Gasteiger partial charge in [-0.1, -0.05) is 46.4 Å². The minimum atomic E-state index is -1.88. The molecule has 2 N–H and O–H groups in total. The van der Waals surface area contributed by atoms with E-state index in [0.29, 0.717) is 21.2 Å². The molecule has 10 heteroatoms. The second-order valence-corrected chi connectivity index (χ2v) is 10.6. The summed E-state index contributed by atoms with van der Waals surface area (Å²) in [6.45, 7) is 2.00. The van der Waals surface area contributed by atoms with Crippen molar-refractivity contribution < 1.29 is 14.3 Å². The second-order valence-electron chi connectivity index (χ2n) is 6.73. The van der Waals surface area contributed by atoms with E-state index in [0.717, 1.165) is 36.1 Å². The molecule has 0 radical (unpaired) electrons. The quantitative estimate of drug-likeness (QED) is 0.285. The summed E-state index contributed by atoms with van der Waals surface area (Å²) in [7, 11) is 0. The largest absolute Gasteiger partial charge is 0.462 e. The van der Waals surface area contributed by atoms with Crippen LogP contribution in [0.15, 0.2) is 24.3 Å². The Balaban J connectivity index is 1.90. The molecule has 1 aliphatic carbocycles. The van der Waals surface area contributed by atoms with E-state index in [1.807, 2.05) is 0 Å². The summed E-state index contributed by atoms with van der Waals surface area (Å²) in [5, 5.41) is 6.77. The molecule has 0 fully saturated rings. The number of carbonyl (C=O) groups is 2. The Hall–Kier alpha value is -1.18. The van der Waals surface area contributed by atoms with Gasteiger partial charge in [-0.15, -0.1) is 11.3 Å². The number of fused-ring (bicyclic) bond motifs is 1. The molecule has 0 aliphatic heterocycles. The summed E-state index contributed by atoms with van der Waals surface area (Å²) < 4.78 is 3.37. The number of esters is 1. The normalized spacial score (nSPS) is 14.6. The summed E-state index contributed by atoms with van der Waals surface area (Å²) in [6, 6.07) is 6.34. The van der Waals surface area contributed by atoms with Crippen LogP contribution >= 0.6 is 57.7 Å². The first-order chi connectivity index (χ1) is 14.2. The Bertz CT molecular complexity index is 925. The molecule has 30 heavy (non-hydrogen) atoms. The van der Waals surface area contributed by atoms with Gasteiger partial charge in [-0.05, 0) is 62.4 Å². The number of hydrogen-bond donors (Lipinski definition) is 2.